The van der Waals surface area contributed by atoms with E-state index in [4.69, 9.17) is 4.74 Å². The van der Waals surface area contributed by atoms with Crippen molar-refractivity contribution in [3.63, 3.8) is 0 Å². The van der Waals surface area contributed by atoms with Gasteiger partial charge in [0, 0.05) is 27.2 Å². The molecule has 0 saturated carbocycles. The molecule has 0 saturated heterocycles. The average molecular weight is 328 g/mol. The van der Waals surface area contributed by atoms with Gasteiger partial charge in [0.25, 0.3) is 0 Å². The van der Waals surface area contributed by atoms with E-state index in [0.717, 1.165) is 19.4 Å². The molecule has 0 bridgehead atoms. The number of nitrogens with zero attached hydrogens (tertiary/aromatic N) is 2. The van der Waals surface area contributed by atoms with Gasteiger partial charge < -0.3 is 20.3 Å². The number of unbranched alkanes of at least 4 members (excludes halogenated alkanes) is 1. The molecule has 0 aromatic carbocycles. The van der Waals surface area contributed by atoms with Crippen LogP contribution in [0.5, 0.6) is 0 Å². The lowest BCUT2D eigenvalue weighted by Gasteiger charge is -2.19. The Bertz CT molecular complexity index is 401. The molecule has 2 N–H and O–H groups in total. The molecule has 7 heteroatoms. The summed E-state index contributed by atoms with van der Waals surface area (Å²) in [5.41, 5.74) is -0.481. The van der Waals surface area contributed by atoms with E-state index in [1.165, 1.54) is 4.90 Å². The van der Waals surface area contributed by atoms with Crippen molar-refractivity contribution in [3.8, 4) is 0 Å². The number of carbonyl (C=O) groups excluding carboxylic acids is 2. The number of nitrogens with one attached hydrogen (secondary N) is 2. The normalized spacial score (nSPS) is 11.8. The number of ether oxygens (including phenoxy) is 1. The summed E-state index contributed by atoms with van der Waals surface area (Å²) in [6.07, 6.45) is 2.32. The van der Waals surface area contributed by atoms with Gasteiger partial charge in [-0.2, -0.15) is 0 Å². The Hall–Kier alpha value is -1.79. The highest BCUT2D eigenvalue weighted by Gasteiger charge is 2.15. The molecular weight excluding hydrogens is 296 g/mol. The fraction of sp³-hybridized carbons (Fsp3) is 0.812. The highest BCUT2D eigenvalue weighted by Crippen LogP contribution is 2.07. The van der Waals surface area contributed by atoms with E-state index < -0.39 is 5.60 Å². The van der Waals surface area contributed by atoms with Gasteiger partial charge in [0.2, 0.25) is 5.91 Å². The molecule has 0 fully saturated rings. The SMILES string of the molecule is CCCCNC(=NCC(=O)N(C)C)NCCC(=O)OC(C)(C)C. The third kappa shape index (κ3) is 12.4. The molecule has 0 atom stereocenters. The Morgan fingerprint density at radius 2 is 1.74 bits per heavy atom. The standard InChI is InChI=1S/C16H32N4O3/c1-7-8-10-17-15(19-12-13(21)20(5)6)18-11-9-14(22)23-16(2,3)4/h7-12H2,1-6H3,(H2,17,18,19). The quantitative estimate of drug-likeness (QED) is 0.302. The van der Waals surface area contributed by atoms with Crippen molar-refractivity contribution >= 4 is 17.8 Å². The van der Waals surface area contributed by atoms with Crippen LogP contribution in [0.25, 0.3) is 0 Å². The van der Waals surface area contributed by atoms with Gasteiger partial charge in [-0.1, -0.05) is 13.3 Å². The zero-order valence-electron chi connectivity index (χ0n) is 15.4. The molecule has 0 unspecified atom stereocenters. The van der Waals surface area contributed by atoms with Crippen molar-refractivity contribution < 1.29 is 14.3 Å². The van der Waals surface area contributed by atoms with Gasteiger partial charge in [-0.05, 0) is 27.2 Å². The number of hydrogen-bond donors (Lipinski definition) is 2. The lowest BCUT2D eigenvalue weighted by Crippen LogP contribution is -2.40. The number of amides is 1. The number of hydrogen-bond acceptors (Lipinski definition) is 4. The van der Waals surface area contributed by atoms with Crippen molar-refractivity contribution in [1.29, 1.82) is 0 Å². The van der Waals surface area contributed by atoms with Gasteiger partial charge in [-0.3, -0.25) is 9.59 Å². The zero-order valence-corrected chi connectivity index (χ0v) is 15.4. The van der Waals surface area contributed by atoms with Crippen LogP contribution in [0.15, 0.2) is 4.99 Å². The number of aliphatic imine (C=N–C) groups is 1. The van der Waals surface area contributed by atoms with Crippen molar-refractivity contribution in [2.24, 2.45) is 4.99 Å². The minimum atomic E-state index is -0.481. The summed E-state index contributed by atoms with van der Waals surface area (Å²) in [5, 5.41) is 6.21. The smallest absolute Gasteiger partial charge is 0.308 e. The number of carbonyl (C=O) groups is 2. The van der Waals surface area contributed by atoms with Crippen LogP contribution in [-0.4, -0.2) is 62.1 Å². The summed E-state index contributed by atoms with van der Waals surface area (Å²) in [7, 11) is 3.38. The molecule has 23 heavy (non-hydrogen) atoms. The first-order chi connectivity index (χ1) is 10.7. The fourth-order valence-corrected chi connectivity index (χ4v) is 1.52. The van der Waals surface area contributed by atoms with Crippen LogP contribution < -0.4 is 10.6 Å². The first-order valence-corrected chi connectivity index (χ1v) is 8.10. The minimum absolute atomic E-state index is 0.0703. The molecule has 0 heterocycles. The zero-order chi connectivity index (χ0) is 17.9. The molecule has 0 spiro atoms. The molecule has 0 rings (SSSR count). The number of guanidine groups is 1. The summed E-state index contributed by atoms with van der Waals surface area (Å²) in [4.78, 5) is 29.0. The molecule has 7 nitrogen and oxygen atoms in total. The van der Waals surface area contributed by atoms with Crippen molar-refractivity contribution in [3.05, 3.63) is 0 Å². The van der Waals surface area contributed by atoms with E-state index in [1.54, 1.807) is 14.1 Å². The molecule has 0 aromatic rings. The van der Waals surface area contributed by atoms with E-state index in [1.807, 2.05) is 20.8 Å². The van der Waals surface area contributed by atoms with Crippen LogP contribution in [0, 0.1) is 0 Å². The van der Waals surface area contributed by atoms with Crippen LogP contribution in [0.1, 0.15) is 47.0 Å². The Labute approximate surface area is 139 Å². The maximum atomic E-state index is 11.7. The summed E-state index contributed by atoms with van der Waals surface area (Å²) in [6.45, 7) is 8.86. The van der Waals surface area contributed by atoms with Crippen LogP contribution in [0.4, 0.5) is 0 Å². The number of likely N-dealkylation sites (N-methyl/N-ethyl adjacent to an activating group) is 1. The second-order valence-corrected chi connectivity index (χ2v) is 6.50. The molecule has 134 valence electrons. The van der Waals surface area contributed by atoms with Crippen LogP contribution in [0.3, 0.4) is 0 Å². The Morgan fingerprint density at radius 3 is 2.26 bits per heavy atom. The van der Waals surface area contributed by atoms with Gasteiger partial charge in [-0.15, -0.1) is 0 Å². The minimum Gasteiger partial charge on any atom is -0.460 e. The van der Waals surface area contributed by atoms with Crippen LogP contribution in [-0.2, 0) is 14.3 Å². The van der Waals surface area contributed by atoms with Crippen molar-refractivity contribution in [1.82, 2.24) is 15.5 Å². The van der Waals surface area contributed by atoms with Crippen molar-refractivity contribution in [2.45, 2.75) is 52.6 Å². The van der Waals surface area contributed by atoms with Crippen LogP contribution >= 0.6 is 0 Å². The first-order valence-electron chi connectivity index (χ1n) is 8.10. The maximum Gasteiger partial charge on any atom is 0.308 e. The summed E-state index contributed by atoms with van der Waals surface area (Å²) < 4.78 is 5.25. The van der Waals surface area contributed by atoms with Gasteiger partial charge >= 0.3 is 5.97 Å². The molecule has 0 aliphatic heterocycles. The largest absolute Gasteiger partial charge is 0.460 e. The molecule has 1 amide bonds. The lowest BCUT2D eigenvalue weighted by molar-refractivity contribution is -0.154. The second kappa shape index (κ2) is 10.9. The summed E-state index contributed by atoms with van der Waals surface area (Å²) >= 11 is 0. The number of rotatable bonds is 8. The topological polar surface area (TPSA) is 83.0 Å². The predicted molar refractivity (Wildman–Crippen MR) is 92.4 cm³/mol. The van der Waals surface area contributed by atoms with Gasteiger partial charge in [0.1, 0.15) is 12.1 Å². The number of esters is 1. The average Bonchev–Trinajstić information content (AvgIpc) is 2.41. The lowest BCUT2D eigenvalue weighted by atomic mass is 10.2. The molecule has 0 radical (unpaired) electrons. The predicted octanol–water partition coefficient (Wildman–Crippen LogP) is 1.14. The van der Waals surface area contributed by atoms with E-state index in [2.05, 4.69) is 22.5 Å². The third-order valence-corrected chi connectivity index (χ3v) is 2.74. The van der Waals surface area contributed by atoms with E-state index in [9.17, 15) is 9.59 Å². The third-order valence-electron chi connectivity index (χ3n) is 2.74. The molecule has 0 aliphatic rings. The van der Waals surface area contributed by atoms with E-state index in [-0.39, 0.29) is 24.8 Å². The van der Waals surface area contributed by atoms with E-state index >= 15 is 0 Å². The fourth-order valence-electron chi connectivity index (χ4n) is 1.52. The second-order valence-electron chi connectivity index (χ2n) is 6.50. The molecule has 0 aliphatic carbocycles. The van der Waals surface area contributed by atoms with E-state index in [0.29, 0.717) is 12.5 Å². The van der Waals surface area contributed by atoms with Gasteiger partial charge in [0.05, 0.1) is 6.42 Å². The van der Waals surface area contributed by atoms with Crippen molar-refractivity contribution in [2.75, 3.05) is 33.7 Å². The first kappa shape index (κ1) is 21.2. The Morgan fingerprint density at radius 1 is 1.13 bits per heavy atom. The molecule has 0 aromatic heterocycles. The Kier molecular flexibility index (Phi) is 10.0. The van der Waals surface area contributed by atoms with Gasteiger partial charge in [-0.25, -0.2) is 4.99 Å². The Balaban J connectivity index is 4.38. The summed E-state index contributed by atoms with van der Waals surface area (Å²) in [5.74, 6) is 0.202. The van der Waals surface area contributed by atoms with Gasteiger partial charge in [0.15, 0.2) is 5.96 Å². The monoisotopic (exact) mass is 328 g/mol. The maximum absolute atomic E-state index is 11.7. The summed E-state index contributed by atoms with van der Waals surface area (Å²) in [6, 6.07) is 0. The highest BCUT2D eigenvalue weighted by atomic mass is 16.6. The molecular formula is C16H32N4O3. The van der Waals surface area contributed by atoms with Crippen LogP contribution in [0.2, 0.25) is 0 Å². The highest BCUT2D eigenvalue weighted by molar-refractivity contribution is 5.85.